The summed E-state index contributed by atoms with van der Waals surface area (Å²) >= 11 is 0. The third-order valence-electron chi connectivity index (χ3n) is 5.57. The van der Waals surface area contributed by atoms with Crippen LogP contribution in [0.15, 0.2) is 36.7 Å². The van der Waals surface area contributed by atoms with Gasteiger partial charge in [-0.15, -0.1) is 0 Å². The van der Waals surface area contributed by atoms with Crippen LogP contribution in [0.1, 0.15) is 30.4 Å². The summed E-state index contributed by atoms with van der Waals surface area (Å²) in [6, 6.07) is 8.63. The van der Waals surface area contributed by atoms with Crippen LogP contribution in [0, 0.1) is 16.0 Å². The second-order valence-corrected chi connectivity index (χ2v) is 6.99. The third kappa shape index (κ3) is 2.90. The van der Waals surface area contributed by atoms with Crippen molar-refractivity contribution in [1.82, 2.24) is 15.1 Å². The molecule has 25 heavy (non-hydrogen) atoms. The van der Waals surface area contributed by atoms with E-state index in [0.717, 1.165) is 12.8 Å². The lowest BCUT2D eigenvalue weighted by Gasteiger charge is -2.12. The molecule has 1 aromatic heterocycles. The lowest BCUT2D eigenvalue weighted by atomic mass is 9.95. The summed E-state index contributed by atoms with van der Waals surface area (Å²) in [7, 11) is 0. The zero-order valence-corrected chi connectivity index (χ0v) is 13.9. The van der Waals surface area contributed by atoms with Gasteiger partial charge in [-0.1, -0.05) is 24.3 Å². The number of aryl methyl sites for hydroxylation is 2. The van der Waals surface area contributed by atoms with Crippen LogP contribution in [0.2, 0.25) is 0 Å². The maximum absolute atomic E-state index is 12.1. The first-order valence-electron chi connectivity index (χ1n) is 8.60. The molecule has 1 fully saturated rings. The number of amides is 1. The smallest absolute Gasteiger partial charge is 0.306 e. The highest BCUT2D eigenvalue weighted by Gasteiger charge is 2.57. The van der Waals surface area contributed by atoms with E-state index in [9.17, 15) is 14.9 Å². The molecule has 0 bridgehead atoms. The van der Waals surface area contributed by atoms with E-state index in [4.69, 9.17) is 0 Å². The fraction of sp³-hybridized carbons (Fsp3) is 0.444. The number of nitrogens with zero attached hydrogens (tertiary/aromatic N) is 3. The second kappa shape index (κ2) is 5.98. The Morgan fingerprint density at radius 1 is 1.44 bits per heavy atom. The largest absolute Gasteiger partial charge is 0.356 e. The van der Waals surface area contributed by atoms with Crippen molar-refractivity contribution in [3.8, 4) is 0 Å². The van der Waals surface area contributed by atoms with Gasteiger partial charge in [-0.3, -0.25) is 19.6 Å². The van der Waals surface area contributed by atoms with E-state index < -0.39 is 4.92 Å². The number of rotatable bonds is 6. The Morgan fingerprint density at radius 2 is 2.28 bits per heavy atom. The van der Waals surface area contributed by atoms with E-state index in [1.165, 1.54) is 34.6 Å². The molecule has 130 valence electrons. The first-order valence-corrected chi connectivity index (χ1v) is 8.60. The lowest BCUT2D eigenvalue weighted by Crippen LogP contribution is -2.28. The first kappa shape index (κ1) is 15.8. The molecule has 2 aliphatic carbocycles. The van der Waals surface area contributed by atoms with Crippen molar-refractivity contribution in [3.63, 3.8) is 0 Å². The minimum atomic E-state index is -0.491. The zero-order chi connectivity index (χ0) is 17.4. The Bertz CT molecular complexity index is 831. The summed E-state index contributed by atoms with van der Waals surface area (Å²) in [6.07, 6.45) is 6.29. The zero-order valence-electron chi connectivity index (χ0n) is 13.9. The van der Waals surface area contributed by atoms with Crippen LogP contribution in [0.5, 0.6) is 0 Å². The third-order valence-corrected chi connectivity index (χ3v) is 5.57. The van der Waals surface area contributed by atoms with Crippen molar-refractivity contribution < 1.29 is 9.72 Å². The van der Waals surface area contributed by atoms with Crippen molar-refractivity contribution >= 4 is 11.6 Å². The van der Waals surface area contributed by atoms with Crippen molar-refractivity contribution in [2.24, 2.45) is 5.92 Å². The van der Waals surface area contributed by atoms with Crippen LogP contribution in [-0.4, -0.2) is 27.2 Å². The predicted octanol–water partition coefficient (Wildman–Crippen LogP) is 2.20. The van der Waals surface area contributed by atoms with Gasteiger partial charge >= 0.3 is 5.69 Å². The Labute approximate surface area is 145 Å². The van der Waals surface area contributed by atoms with Gasteiger partial charge in [0.25, 0.3) is 0 Å². The summed E-state index contributed by atoms with van der Waals surface area (Å²) in [5, 5.41) is 17.5. The molecule has 4 rings (SSSR count). The van der Waals surface area contributed by atoms with Crippen molar-refractivity contribution in [2.75, 3.05) is 6.54 Å². The van der Waals surface area contributed by atoms with Gasteiger partial charge in [0.05, 0.1) is 4.92 Å². The van der Waals surface area contributed by atoms with Crippen LogP contribution in [-0.2, 0) is 23.2 Å². The highest BCUT2D eigenvalue weighted by molar-refractivity contribution is 5.75. The SMILES string of the molecule is O=C(CCn1cc([N+](=O)[O-])cn1)NC[C@@H]1C[C@]12CCc1ccccc12. The molecule has 0 aliphatic heterocycles. The first-order chi connectivity index (χ1) is 12.1. The Morgan fingerprint density at radius 3 is 3.08 bits per heavy atom. The van der Waals surface area contributed by atoms with Crippen LogP contribution in [0.4, 0.5) is 5.69 Å². The molecule has 7 nitrogen and oxygen atoms in total. The van der Waals surface area contributed by atoms with Gasteiger partial charge in [0, 0.05) is 24.9 Å². The van der Waals surface area contributed by atoms with E-state index in [-0.39, 0.29) is 23.4 Å². The number of hydrogen-bond donors (Lipinski definition) is 1. The number of carbonyl (C=O) groups is 1. The van der Waals surface area contributed by atoms with Gasteiger partial charge < -0.3 is 5.32 Å². The number of benzene rings is 1. The number of aromatic nitrogens is 2. The van der Waals surface area contributed by atoms with Gasteiger partial charge in [0.2, 0.25) is 5.91 Å². The highest BCUT2D eigenvalue weighted by Crippen LogP contribution is 2.61. The molecule has 2 aromatic rings. The molecule has 0 saturated heterocycles. The fourth-order valence-corrected chi connectivity index (χ4v) is 4.11. The van der Waals surface area contributed by atoms with Gasteiger partial charge in [0.1, 0.15) is 12.4 Å². The van der Waals surface area contributed by atoms with Crippen molar-refractivity contribution in [2.45, 2.75) is 37.6 Å². The molecule has 7 heteroatoms. The normalized spacial score (nSPS) is 23.4. The van der Waals surface area contributed by atoms with Gasteiger partial charge in [-0.2, -0.15) is 5.10 Å². The summed E-state index contributed by atoms with van der Waals surface area (Å²) < 4.78 is 1.43. The summed E-state index contributed by atoms with van der Waals surface area (Å²) in [5.41, 5.74) is 3.15. The molecule has 1 heterocycles. The molecule has 1 spiro atoms. The van der Waals surface area contributed by atoms with Gasteiger partial charge in [0.15, 0.2) is 0 Å². The van der Waals surface area contributed by atoms with E-state index in [2.05, 4.69) is 34.7 Å². The molecule has 0 radical (unpaired) electrons. The molecular formula is C18H20N4O3. The summed E-state index contributed by atoms with van der Waals surface area (Å²) in [4.78, 5) is 22.2. The average molecular weight is 340 g/mol. The summed E-state index contributed by atoms with van der Waals surface area (Å²) in [5.74, 6) is 0.484. The van der Waals surface area contributed by atoms with Crippen LogP contribution in [0.3, 0.4) is 0 Å². The topological polar surface area (TPSA) is 90.1 Å². The molecule has 2 atom stereocenters. The lowest BCUT2D eigenvalue weighted by molar-refractivity contribution is -0.385. The Hall–Kier alpha value is -2.70. The maximum atomic E-state index is 12.1. The number of carbonyl (C=O) groups excluding carboxylic acids is 1. The minimum absolute atomic E-state index is 0.0357. The van der Waals surface area contributed by atoms with Crippen LogP contribution in [0.25, 0.3) is 0 Å². The number of fused-ring (bicyclic) bond motifs is 2. The van der Waals surface area contributed by atoms with Crippen LogP contribution < -0.4 is 5.32 Å². The van der Waals surface area contributed by atoms with Crippen molar-refractivity contribution in [3.05, 3.63) is 57.9 Å². The molecule has 1 aromatic carbocycles. The Balaban J connectivity index is 1.26. The number of hydrogen-bond acceptors (Lipinski definition) is 4. The quantitative estimate of drug-likeness (QED) is 0.645. The molecule has 1 N–H and O–H groups in total. The van der Waals surface area contributed by atoms with E-state index in [1.807, 2.05) is 0 Å². The standard InChI is InChI=1S/C18H20N4O3/c23-17(6-8-21-12-15(11-20-21)22(24)25)19-10-14-9-18(14)7-5-13-3-1-2-4-16(13)18/h1-4,11-12,14H,5-10H2,(H,19,23)/t14-,18+/m0/s1. The Kier molecular flexibility index (Phi) is 3.78. The second-order valence-electron chi connectivity index (χ2n) is 6.99. The number of nitrogens with one attached hydrogen (secondary N) is 1. The molecular weight excluding hydrogens is 320 g/mol. The molecule has 1 saturated carbocycles. The van der Waals surface area contributed by atoms with Crippen LogP contribution >= 0.6 is 0 Å². The summed E-state index contributed by atoms with van der Waals surface area (Å²) in [6.45, 7) is 1.05. The van der Waals surface area contributed by atoms with E-state index >= 15 is 0 Å². The molecule has 1 amide bonds. The maximum Gasteiger partial charge on any atom is 0.306 e. The molecule has 0 unspecified atom stereocenters. The van der Waals surface area contributed by atoms with E-state index in [1.54, 1.807) is 0 Å². The van der Waals surface area contributed by atoms with E-state index in [0.29, 0.717) is 19.0 Å². The highest BCUT2D eigenvalue weighted by atomic mass is 16.6. The predicted molar refractivity (Wildman–Crippen MR) is 91.1 cm³/mol. The van der Waals surface area contributed by atoms with Crippen molar-refractivity contribution in [1.29, 1.82) is 0 Å². The number of nitro groups is 1. The monoisotopic (exact) mass is 340 g/mol. The average Bonchev–Trinajstić information content (AvgIpc) is 2.94. The van der Waals surface area contributed by atoms with Gasteiger partial charge in [-0.25, -0.2) is 0 Å². The fourth-order valence-electron chi connectivity index (χ4n) is 4.11. The molecule has 2 aliphatic rings. The minimum Gasteiger partial charge on any atom is -0.356 e. The van der Waals surface area contributed by atoms with Gasteiger partial charge in [-0.05, 0) is 36.3 Å².